The molecule has 0 aromatic rings. The van der Waals surface area contributed by atoms with Crippen LogP contribution in [0.15, 0.2) is 0 Å². The topological polar surface area (TPSA) is 31.5 Å². The Kier molecular flexibility index (Phi) is 143. The molecule has 4 heavy (non-hydrogen) atoms. The normalized spacial score (nSPS) is 1.75. The van der Waals surface area contributed by atoms with Gasteiger partial charge in [0.05, 0.1) is 0 Å². The third kappa shape index (κ3) is 10.8. The van der Waals surface area contributed by atoms with Crippen molar-refractivity contribution in [3.8, 4) is 0 Å². The molecule has 0 fully saturated rings. The van der Waals surface area contributed by atoms with Crippen LogP contribution in [0.4, 0.5) is 0 Å². The van der Waals surface area contributed by atoms with Crippen molar-refractivity contribution in [1.82, 2.24) is 0 Å². The molecular formula is H3Cl2IrO. The summed E-state index contributed by atoms with van der Waals surface area (Å²) in [6, 6.07) is 0. The Balaban J connectivity index is -0.00000000500. The molecule has 0 bridgehead atoms. The van der Waals surface area contributed by atoms with Gasteiger partial charge in [0.25, 0.3) is 0 Å². The molecular weight excluding hydrogens is 279 g/mol. The van der Waals surface area contributed by atoms with E-state index in [0.29, 0.717) is 0 Å². The van der Waals surface area contributed by atoms with E-state index in [1.54, 1.807) is 0 Å². The van der Waals surface area contributed by atoms with Crippen molar-refractivity contribution >= 4 is 22.0 Å². The van der Waals surface area contributed by atoms with E-state index < -0.39 is 0 Å². The van der Waals surface area contributed by atoms with Gasteiger partial charge in [-0.2, -0.15) is 0 Å². The maximum atomic E-state index is 4.64. The fourth-order valence-electron chi connectivity index (χ4n) is 0. The quantitative estimate of drug-likeness (QED) is 0.611. The third-order valence-electron chi connectivity index (χ3n) is 0. The van der Waals surface area contributed by atoms with Crippen LogP contribution in [0.5, 0.6) is 0 Å². The van der Waals surface area contributed by atoms with Crippen LogP contribution in [0.3, 0.4) is 0 Å². The van der Waals surface area contributed by atoms with Crippen LogP contribution in [0, 0.1) is 0 Å². The van der Waals surface area contributed by atoms with Gasteiger partial charge in [0.15, 0.2) is 0 Å². The average Bonchev–Trinajstić information content (AvgIpc) is 1.00. The minimum absolute atomic E-state index is 0. The van der Waals surface area contributed by atoms with Crippen LogP contribution in [0.25, 0.3) is 0 Å². The molecule has 0 rings (SSSR count). The summed E-state index contributed by atoms with van der Waals surface area (Å²) >= 11 is 1.47. The fourth-order valence-corrected chi connectivity index (χ4v) is 0. The Morgan fingerprint density at radius 3 is 1.25 bits per heavy atom. The Bertz CT molecular complexity index is 6.00. The monoisotopic (exact) mass is 282 g/mol. The van der Waals surface area contributed by atoms with Crippen molar-refractivity contribution in [3.63, 3.8) is 0 Å². The molecule has 0 spiro atoms. The van der Waals surface area contributed by atoms with E-state index in [4.69, 9.17) is 0 Å². The molecule has 0 atom stereocenters. The first-order valence-corrected chi connectivity index (χ1v) is 3.09. The van der Waals surface area contributed by atoms with Crippen molar-refractivity contribution in [3.05, 3.63) is 0 Å². The molecule has 0 aliphatic rings. The standard InChI is InChI=1S/2ClH.Ir.H2O/h2*1H;;1H2/q;;+1;/p-1. The average molecular weight is 282 g/mol. The van der Waals surface area contributed by atoms with Crippen LogP contribution in [-0.2, 0) is 17.9 Å². The predicted octanol–water partition coefficient (Wildman–Crippen LogP) is 0.284. The van der Waals surface area contributed by atoms with Crippen molar-refractivity contribution in [2.75, 3.05) is 0 Å². The van der Waals surface area contributed by atoms with Gasteiger partial charge in [0.1, 0.15) is 0 Å². The van der Waals surface area contributed by atoms with E-state index in [9.17, 15) is 0 Å². The SMILES string of the molecule is Cl.O.[Cl][Ir]. The summed E-state index contributed by atoms with van der Waals surface area (Å²) in [5, 5.41) is 0. The summed E-state index contributed by atoms with van der Waals surface area (Å²) in [6.45, 7) is 0. The predicted molar refractivity (Wildman–Crippen MR) is 16.7 cm³/mol. The second-order valence-electron chi connectivity index (χ2n) is 0. The summed E-state index contributed by atoms with van der Waals surface area (Å²) in [7, 11) is 4.64. The van der Waals surface area contributed by atoms with Gasteiger partial charge in [-0.15, -0.1) is 12.4 Å². The molecule has 0 saturated heterocycles. The molecule has 1 nitrogen and oxygen atoms in total. The second-order valence-corrected chi connectivity index (χ2v) is 0. The minimum atomic E-state index is 0. The molecule has 0 aromatic heterocycles. The van der Waals surface area contributed by atoms with Gasteiger partial charge in [0, 0.05) is 0 Å². The van der Waals surface area contributed by atoms with E-state index >= 15 is 0 Å². The third-order valence-corrected chi connectivity index (χ3v) is 0. The van der Waals surface area contributed by atoms with E-state index in [0.717, 1.165) is 0 Å². The summed E-state index contributed by atoms with van der Waals surface area (Å²) < 4.78 is 0. The molecule has 0 radical (unpaired) electrons. The van der Waals surface area contributed by atoms with E-state index in [2.05, 4.69) is 9.58 Å². The molecule has 0 heterocycles. The summed E-state index contributed by atoms with van der Waals surface area (Å²) in [5.74, 6) is 0. The van der Waals surface area contributed by atoms with Crippen molar-refractivity contribution in [2.24, 2.45) is 0 Å². The van der Waals surface area contributed by atoms with Gasteiger partial charge in [-0.1, -0.05) is 0 Å². The van der Waals surface area contributed by atoms with Gasteiger partial charge < -0.3 is 5.48 Å². The molecule has 2 N–H and O–H groups in total. The van der Waals surface area contributed by atoms with E-state index in [1.165, 1.54) is 17.9 Å². The number of hydrogen-bond donors (Lipinski definition) is 0. The summed E-state index contributed by atoms with van der Waals surface area (Å²) in [6.07, 6.45) is 0. The van der Waals surface area contributed by atoms with Gasteiger partial charge >= 0.3 is 27.5 Å². The molecule has 0 amide bonds. The second kappa shape index (κ2) is 30.1. The zero-order valence-corrected chi connectivity index (χ0v) is 5.59. The zero-order valence-electron chi connectivity index (χ0n) is 1.62. The first-order valence-electron chi connectivity index (χ1n) is 0.126. The van der Waals surface area contributed by atoms with Crippen LogP contribution >= 0.6 is 22.0 Å². The summed E-state index contributed by atoms with van der Waals surface area (Å²) in [5.41, 5.74) is 0. The molecule has 0 saturated carbocycles. The molecule has 0 aliphatic heterocycles. The van der Waals surface area contributed by atoms with E-state index in [-0.39, 0.29) is 17.9 Å². The molecule has 32 valence electrons. The molecule has 0 aliphatic carbocycles. The Hall–Kier alpha value is 1.19. The number of halogens is 2. The summed E-state index contributed by atoms with van der Waals surface area (Å²) in [4.78, 5) is 0. The molecule has 4 heteroatoms. The van der Waals surface area contributed by atoms with Crippen molar-refractivity contribution in [2.45, 2.75) is 0 Å². The van der Waals surface area contributed by atoms with Gasteiger partial charge in [0.2, 0.25) is 0 Å². The van der Waals surface area contributed by atoms with Gasteiger partial charge in [-0.05, 0) is 0 Å². The first-order chi connectivity index (χ1) is 1.00. The Morgan fingerprint density at radius 1 is 1.25 bits per heavy atom. The van der Waals surface area contributed by atoms with E-state index in [1.807, 2.05) is 0 Å². The van der Waals surface area contributed by atoms with Crippen molar-refractivity contribution in [1.29, 1.82) is 0 Å². The van der Waals surface area contributed by atoms with Crippen LogP contribution in [-0.4, -0.2) is 5.48 Å². The van der Waals surface area contributed by atoms with Crippen LogP contribution in [0.2, 0.25) is 0 Å². The number of rotatable bonds is 0. The Morgan fingerprint density at radius 2 is 1.25 bits per heavy atom. The Labute approximate surface area is 45.6 Å². The van der Waals surface area contributed by atoms with Crippen molar-refractivity contribution < 1.29 is 23.4 Å². The maximum absolute atomic E-state index is 4.64. The van der Waals surface area contributed by atoms with Gasteiger partial charge in [-0.25, -0.2) is 0 Å². The fraction of sp³-hybridized carbons (Fsp3) is 0. The molecule has 0 aromatic carbocycles. The van der Waals surface area contributed by atoms with Gasteiger partial charge in [-0.3, -0.25) is 0 Å². The van der Waals surface area contributed by atoms with Crippen LogP contribution in [0.1, 0.15) is 0 Å². The molecule has 0 unspecified atom stereocenters. The van der Waals surface area contributed by atoms with Crippen LogP contribution < -0.4 is 0 Å². The number of hydrogen-bond acceptors (Lipinski definition) is 0. The zero-order chi connectivity index (χ0) is 2.00. The first kappa shape index (κ1) is 19.0.